The largest absolute Gasteiger partial charge is 0.493 e. The molecule has 13 heteroatoms. The monoisotopic (exact) mass is 627 g/mol. The summed E-state index contributed by atoms with van der Waals surface area (Å²) in [4.78, 5) is 24.1. The molecule has 11 nitrogen and oxygen atoms in total. The van der Waals surface area contributed by atoms with Crippen molar-refractivity contribution in [3.63, 3.8) is 0 Å². The minimum atomic E-state index is -1.74. The van der Waals surface area contributed by atoms with Crippen LogP contribution in [0.3, 0.4) is 0 Å². The van der Waals surface area contributed by atoms with E-state index in [0.29, 0.717) is 18.2 Å². The molecular weight excluding hydrogens is 583 g/mol. The maximum absolute atomic E-state index is 13.3. The Morgan fingerprint density at radius 2 is 1.63 bits per heavy atom. The van der Waals surface area contributed by atoms with Crippen LogP contribution in [0.15, 0.2) is 22.6 Å². The lowest BCUT2D eigenvalue weighted by Crippen LogP contribution is -2.63. The molecule has 1 aliphatic heterocycles. The number of aryl methyl sites for hydroxylation is 1. The third kappa shape index (κ3) is 6.99. The average Bonchev–Trinajstić information content (AvgIpc) is 3.43. The Hall–Kier alpha value is -3.56. The second kappa shape index (κ2) is 13.0. The zero-order valence-electron chi connectivity index (χ0n) is 27.1. The van der Waals surface area contributed by atoms with Crippen LogP contribution in [0, 0.1) is 6.92 Å². The molecule has 0 spiro atoms. The fourth-order valence-corrected chi connectivity index (χ4v) is 16.0. The van der Waals surface area contributed by atoms with Gasteiger partial charge in [-0.3, -0.25) is 4.79 Å². The van der Waals surface area contributed by atoms with E-state index in [0.717, 1.165) is 24.3 Å². The molecule has 43 heavy (non-hydrogen) atoms. The number of amides is 1. The number of hydrogen-bond acceptors (Lipinski definition) is 10. The van der Waals surface area contributed by atoms with Crippen molar-refractivity contribution in [2.45, 2.75) is 51.6 Å². The summed E-state index contributed by atoms with van der Waals surface area (Å²) >= 11 is 0. The summed E-state index contributed by atoms with van der Waals surface area (Å²) < 4.78 is 29.1. The van der Waals surface area contributed by atoms with Crippen LogP contribution in [0.4, 0.5) is 11.6 Å². The van der Waals surface area contributed by atoms with Gasteiger partial charge in [0.25, 0.3) is 11.9 Å². The van der Waals surface area contributed by atoms with E-state index in [1.165, 1.54) is 36.7 Å². The Bertz CT molecular complexity index is 1450. The molecule has 1 amide bonds. The molecule has 0 atom stereocenters. The quantitative estimate of drug-likeness (QED) is 0.217. The van der Waals surface area contributed by atoms with Gasteiger partial charge in [0.05, 0.1) is 37.5 Å². The van der Waals surface area contributed by atoms with E-state index in [9.17, 15) is 4.79 Å². The van der Waals surface area contributed by atoms with Crippen LogP contribution in [-0.4, -0.2) is 85.4 Å². The fourth-order valence-electron chi connectivity index (χ4n) is 5.45. The summed E-state index contributed by atoms with van der Waals surface area (Å²) in [7, 11) is 5.34. The number of methoxy groups -OCH3 is 3. The van der Waals surface area contributed by atoms with Gasteiger partial charge in [0.1, 0.15) is 0 Å². The first kappa shape index (κ1) is 32.4. The normalized spacial score (nSPS) is 15.0. The first-order valence-corrected chi connectivity index (χ1v) is 20.9. The Kier molecular flexibility index (Phi) is 9.77. The van der Waals surface area contributed by atoms with Crippen molar-refractivity contribution in [1.29, 1.82) is 0 Å². The van der Waals surface area contributed by atoms with Gasteiger partial charge in [0.2, 0.25) is 17.7 Å². The number of carbonyl (C=O) groups is 1. The number of carbonyl (C=O) groups excluding carboxylic acids is 1. The predicted molar refractivity (Wildman–Crippen MR) is 175 cm³/mol. The lowest BCUT2D eigenvalue weighted by molar-refractivity contribution is 0.0990. The summed E-state index contributed by atoms with van der Waals surface area (Å²) in [5.74, 6) is 1.77. The summed E-state index contributed by atoms with van der Waals surface area (Å²) in [6.07, 6.45) is 0.901. The lowest BCUT2D eigenvalue weighted by Gasteiger charge is -2.41. The molecule has 3 heterocycles. The summed E-state index contributed by atoms with van der Waals surface area (Å²) in [6.45, 7) is 13.3. The van der Waals surface area contributed by atoms with Crippen molar-refractivity contribution in [1.82, 2.24) is 14.9 Å². The van der Waals surface area contributed by atoms with Crippen LogP contribution in [0.25, 0.3) is 0 Å². The van der Waals surface area contributed by atoms with Gasteiger partial charge in [0.15, 0.2) is 22.9 Å². The summed E-state index contributed by atoms with van der Waals surface area (Å²) in [5, 5.41) is 8.75. The SMILES string of the molecule is COc1nc(NCCCN(C)C)nc(OC)c1NC(=O)c1ccc(Oc2c(C)cc3c(c2OC)[Si](C)(C)CC[Si]3(C)C)o1. The number of hydrogen-bond donors (Lipinski definition) is 2. The Morgan fingerprint density at radius 1 is 0.977 bits per heavy atom. The zero-order chi connectivity index (χ0) is 31.5. The third-order valence-corrected chi connectivity index (χ3v) is 15.4. The van der Waals surface area contributed by atoms with E-state index in [2.05, 4.69) is 57.8 Å². The molecule has 0 unspecified atom stereocenters. The minimum Gasteiger partial charge on any atom is -0.493 e. The van der Waals surface area contributed by atoms with Gasteiger partial charge in [-0.1, -0.05) is 49.5 Å². The molecule has 0 saturated heterocycles. The van der Waals surface area contributed by atoms with Crippen LogP contribution in [0.2, 0.25) is 38.3 Å². The molecule has 0 bridgehead atoms. The highest BCUT2D eigenvalue weighted by atomic mass is 28.3. The number of nitrogens with zero attached hydrogens (tertiary/aromatic N) is 3. The van der Waals surface area contributed by atoms with Gasteiger partial charge < -0.3 is 38.9 Å². The first-order valence-electron chi connectivity index (χ1n) is 14.5. The number of nitrogens with one attached hydrogen (secondary N) is 2. The highest BCUT2D eigenvalue weighted by Crippen LogP contribution is 2.39. The minimum absolute atomic E-state index is 0.0443. The third-order valence-electron chi connectivity index (χ3n) is 7.95. The van der Waals surface area contributed by atoms with Gasteiger partial charge in [0, 0.05) is 12.6 Å². The van der Waals surface area contributed by atoms with Gasteiger partial charge in [-0.15, -0.1) is 0 Å². The molecule has 4 rings (SSSR count). The zero-order valence-corrected chi connectivity index (χ0v) is 29.1. The van der Waals surface area contributed by atoms with Gasteiger partial charge >= 0.3 is 0 Å². The molecule has 1 aliphatic rings. The first-order chi connectivity index (χ1) is 20.3. The van der Waals surface area contributed by atoms with Crippen molar-refractivity contribution >= 4 is 44.1 Å². The van der Waals surface area contributed by atoms with Crippen molar-refractivity contribution in [3.8, 4) is 29.2 Å². The van der Waals surface area contributed by atoms with E-state index in [1.807, 2.05) is 21.0 Å². The van der Waals surface area contributed by atoms with Gasteiger partial charge in [-0.05, 0) is 50.8 Å². The van der Waals surface area contributed by atoms with Crippen molar-refractivity contribution < 1.29 is 28.2 Å². The van der Waals surface area contributed by atoms with Crippen LogP contribution in [0.5, 0.6) is 29.2 Å². The highest BCUT2D eigenvalue weighted by molar-refractivity contribution is 7.03. The number of aromatic nitrogens is 2. The number of rotatable bonds is 12. The Labute approximate surface area is 256 Å². The molecule has 234 valence electrons. The van der Waals surface area contributed by atoms with Crippen LogP contribution in [-0.2, 0) is 0 Å². The molecule has 2 aromatic heterocycles. The molecule has 0 aliphatic carbocycles. The van der Waals surface area contributed by atoms with Crippen molar-refractivity contribution in [2.24, 2.45) is 0 Å². The number of ether oxygens (including phenoxy) is 4. The summed E-state index contributed by atoms with van der Waals surface area (Å²) in [5.41, 5.74) is 1.17. The standard InChI is InChI=1S/C30H45N5O6Si2/c1-19-18-21-26(43(9,10)17-16-42(21,7)8)25(37-4)24(19)41-22-13-12-20(40-22)27(36)32-23-28(38-5)33-30(34-29(23)39-6)31-14-11-15-35(2)3/h12-13,18H,11,14-17H2,1-10H3,(H,32,36)(H,31,33,34). The van der Waals surface area contributed by atoms with Gasteiger partial charge in [-0.2, -0.15) is 9.97 Å². The molecule has 3 aromatic rings. The molecular formula is C30H45N5O6Si2. The highest BCUT2D eigenvalue weighted by Gasteiger charge is 2.43. The molecule has 1 aromatic carbocycles. The number of anilines is 2. The van der Waals surface area contributed by atoms with Crippen LogP contribution in [0.1, 0.15) is 22.5 Å². The maximum atomic E-state index is 13.3. The number of furan rings is 1. The van der Waals surface area contributed by atoms with E-state index < -0.39 is 22.1 Å². The average molecular weight is 628 g/mol. The molecule has 0 saturated carbocycles. The van der Waals surface area contributed by atoms with E-state index in [1.54, 1.807) is 19.2 Å². The van der Waals surface area contributed by atoms with Crippen LogP contribution >= 0.6 is 0 Å². The van der Waals surface area contributed by atoms with Gasteiger partial charge in [-0.25, -0.2) is 0 Å². The van der Waals surface area contributed by atoms with Crippen LogP contribution < -0.4 is 40.0 Å². The fraction of sp³-hybridized carbons (Fsp3) is 0.500. The number of benzene rings is 1. The van der Waals surface area contributed by atoms with Crippen molar-refractivity contribution in [2.75, 3.05) is 59.1 Å². The Morgan fingerprint density at radius 3 is 2.23 bits per heavy atom. The summed E-state index contributed by atoms with van der Waals surface area (Å²) in [6, 6.07) is 7.98. The smallest absolute Gasteiger partial charge is 0.291 e. The molecule has 0 fully saturated rings. The van der Waals surface area contributed by atoms with E-state index in [4.69, 9.17) is 23.4 Å². The Balaban J connectivity index is 1.56. The number of fused-ring (bicyclic) bond motifs is 1. The van der Waals surface area contributed by atoms with E-state index in [-0.39, 0.29) is 29.2 Å². The second-order valence-corrected chi connectivity index (χ2v) is 22.0. The predicted octanol–water partition coefficient (Wildman–Crippen LogP) is 4.66. The maximum Gasteiger partial charge on any atom is 0.291 e. The molecule has 2 N–H and O–H groups in total. The van der Waals surface area contributed by atoms with Crippen molar-refractivity contribution in [3.05, 3.63) is 29.5 Å². The topological polar surface area (TPSA) is 120 Å². The molecule has 0 radical (unpaired) electrons. The van der Waals surface area contributed by atoms with E-state index >= 15 is 0 Å². The lowest BCUT2D eigenvalue weighted by atomic mass is 10.2. The second-order valence-electron chi connectivity index (χ2n) is 12.4.